The van der Waals surface area contributed by atoms with Crippen molar-refractivity contribution in [2.75, 3.05) is 13.1 Å². The highest BCUT2D eigenvalue weighted by molar-refractivity contribution is 5.87. The second-order valence-corrected chi connectivity index (χ2v) is 4.03. The van der Waals surface area contributed by atoms with Crippen molar-refractivity contribution in [2.45, 2.75) is 25.3 Å². The number of primary amides is 1. The summed E-state index contributed by atoms with van der Waals surface area (Å²) < 4.78 is 0. The maximum Gasteiger partial charge on any atom is 0.318 e. The van der Waals surface area contributed by atoms with E-state index >= 15 is 0 Å². The van der Waals surface area contributed by atoms with Crippen LogP contribution in [0.5, 0.6) is 0 Å². The summed E-state index contributed by atoms with van der Waals surface area (Å²) in [7, 11) is 0. The van der Waals surface area contributed by atoms with Gasteiger partial charge in [0.25, 0.3) is 0 Å². The zero-order chi connectivity index (χ0) is 10.1. The number of likely N-dealkylation sites (tertiary alicyclic amines) is 1. The number of carbonyl (C=O) groups is 2. The van der Waals surface area contributed by atoms with Crippen LogP contribution < -0.4 is 11.1 Å². The standard InChI is InChI=1S/C9H15N3O2/c10-8(13)7-3-4-12(7)9(14)11-5-6-1-2-6/h6-7H,1-5H2,(H2,10,13)(H,11,14). The molecule has 1 aliphatic carbocycles. The second-order valence-electron chi connectivity index (χ2n) is 4.03. The maximum absolute atomic E-state index is 11.5. The van der Waals surface area contributed by atoms with Gasteiger partial charge in [0.2, 0.25) is 5.91 Å². The molecule has 0 radical (unpaired) electrons. The minimum absolute atomic E-state index is 0.146. The molecular formula is C9H15N3O2. The maximum atomic E-state index is 11.5. The van der Waals surface area contributed by atoms with E-state index < -0.39 is 5.91 Å². The van der Waals surface area contributed by atoms with Gasteiger partial charge in [-0.15, -0.1) is 0 Å². The van der Waals surface area contributed by atoms with Crippen LogP contribution in [-0.2, 0) is 4.79 Å². The Hall–Kier alpha value is -1.26. The number of hydrogen-bond acceptors (Lipinski definition) is 2. The van der Waals surface area contributed by atoms with E-state index in [1.165, 1.54) is 17.7 Å². The molecule has 2 fully saturated rings. The van der Waals surface area contributed by atoms with Gasteiger partial charge in [-0.25, -0.2) is 4.79 Å². The van der Waals surface area contributed by atoms with Crippen LogP contribution in [0.15, 0.2) is 0 Å². The van der Waals surface area contributed by atoms with Gasteiger partial charge in [-0.05, 0) is 25.2 Å². The Morgan fingerprint density at radius 2 is 2.07 bits per heavy atom. The summed E-state index contributed by atoms with van der Waals surface area (Å²) in [5, 5.41) is 2.81. The van der Waals surface area contributed by atoms with Gasteiger partial charge >= 0.3 is 6.03 Å². The average Bonchev–Trinajstić information content (AvgIpc) is 2.79. The van der Waals surface area contributed by atoms with Crippen molar-refractivity contribution in [2.24, 2.45) is 11.7 Å². The van der Waals surface area contributed by atoms with Crippen molar-refractivity contribution < 1.29 is 9.59 Å². The smallest absolute Gasteiger partial charge is 0.318 e. The Morgan fingerprint density at radius 3 is 2.50 bits per heavy atom. The van der Waals surface area contributed by atoms with E-state index in [1.54, 1.807) is 0 Å². The molecular weight excluding hydrogens is 182 g/mol. The van der Waals surface area contributed by atoms with Crippen molar-refractivity contribution >= 4 is 11.9 Å². The summed E-state index contributed by atoms with van der Waals surface area (Å²) in [4.78, 5) is 23.8. The Morgan fingerprint density at radius 1 is 1.36 bits per heavy atom. The monoisotopic (exact) mass is 197 g/mol. The molecule has 5 heteroatoms. The van der Waals surface area contributed by atoms with E-state index in [9.17, 15) is 9.59 Å². The molecule has 0 aromatic heterocycles. The number of nitrogens with one attached hydrogen (secondary N) is 1. The second kappa shape index (κ2) is 3.48. The van der Waals surface area contributed by atoms with E-state index in [1.807, 2.05) is 0 Å². The number of nitrogens with zero attached hydrogens (tertiary/aromatic N) is 1. The van der Waals surface area contributed by atoms with Crippen LogP contribution in [0.1, 0.15) is 19.3 Å². The average molecular weight is 197 g/mol. The van der Waals surface area contributed by atoms with E-state index in [4.69, 9.17) is 5.73 Å². The number of carbonyl (C=O) groups excluding carboxylic acids is 2. The number of urea groups is 1. The predicted octanol–water partition coefficient (Wildman–Crippen LogP) is -0.334. The third-order valence-electron chi connectivity index (χ3n) is 2.85. The van der Waals surface area contributed by atoms with E-state index in [2.05, 4.69) is 5.32 Å². The minimum Gasteiger partial charge on any atom is -0.368 e. The van der Waals surface area contributed by atoms with Gasteiger partial charge in [0.1, 0.15) is 6.04 Å². The molecule has 14 heavy (non-hydrogen) atoms. The summed E-state index contributed by atoms with van der Waals surface area (Å²) >= 11 is 0. The predicted molar refractivity (Wildman–Crippen MR) is 50.4 cm³/mol. The lowest BCUT2D eigenvalue weighted by molar-refractivity contribution is -0.125. The third-order valence-corrected chi connectivity index (χ3v) is 2.85. The first-order valence-corrected chi connectivity index (χ1v) is 5.02. The highest BCUT2D eigenvalue weighted by atomic mass is 16.2. The lowest BCUT2D eigenvalue weighted by atomic mass is 10.0. The first-order valence-electron chi connectivity index (χ1n) is 5.02. The fourth-order valence-electron chi connectivity index (χ4n) is 1.58. The van der Waals surface area contributed by atoms with Crippen LogP contribution in [0.25, 0.3) is 0 Å². The molecule has 1 unspecified atom stereocenters. The molecule has 1 saturated carbocycles. The first kappa shape index (κ1) is 9.30. The van der Waals surface area contributed by atoms with Crippen molar-refractivity contribution in [3.05, 3.63) is 0 Å². The SMILES string of the molecule is NC(=O)C1CCN1C(=O)NCC1CC1. The quantitative estimate of drug-likeness (QED) is 0.649. The molecule has 78 valence electrons. The van der Waals surface area contributed by atoms with E-state index in [0.717, 1.165) is 6.54 Å². The summed E-state index contributed by atoms with van der Waals surface area (Å²) in [5.41, 5.74) is 5.13. The van der Waals surface area contributed by atoms with Gasteiger partial charge in [0, 0.05) is 13.1 Å². The van der Waals surface area contributed by atoms with Crippen molar-refractivity contribution in [1.82, 2.24) is 10.2 Å². The minimum atomic E-state index is -0.405. The van der Waals surface area contributed by atoms with E-state index in [-0.39, 0.29) is 12.1 Å². The highest BCUT2D eigenvalue weighted by Crippen LogP contribution is 2.27. The summed E-state index contributed by atoms with van der Waals surface area (Å²) in [6.07, 6.45) is 3.12. The Balaban J connectivity index is 1.76. The molecule has 1 aliphatic heterocycles. The molecule has 3 amide bonds. The molecule has 1 heterocycles. The van der Waals surface area contributed by atoms with Gasteiger partial charge in [-0.1, -0.05) is 0 Å². The molecule has 5 nitrogen and oxygen atoms in total. The fourth-order valence-corrected chi connectivity index (χ4v) is 1.58. The summed E-state index contributed by atoms with van der Waals surface area (Å²) in [5.74, 6) is 0.255. The molecule has 2 aliphatic rings. The van der Waals surface area contributed by atoms with Crippen LogP contribution in [0.2, 0.25) is 0 Å². The van der Waals surface area contributed by atoms with Gasteiger partial charge in [0.05, 0.1) is 0 Å². The highest BCUT2D eigenvalue weighted by Gasteiger charge is 2.36. The topological polar surface area (TPSA) is 75.4 Å². The zero-order valence-electron chi connectivity index (χ0n) is 8.03. The molecule has 3 N–H and O–H groups in total. The first-order chi connectivity index (χ1) is 6.68. The Kier molecular flexibility index (Phi) is 2.31. The Labute approximate surface area is 82.6 Å². The van der Waals surface area contributed by atoms with Gasteiger partial charge in [-0.2, -0.15) is 0 Å². The van der Waals surface area contributed by atoms with Gasteiger partial charge in [0.15, 0.2) is 0 Å². The zero-order valence-corrected chi connectivity index (χ0v) is 8.03. The fraction of sp³-hybridized carbons (Fsp3) is 0.778. The molecule has 0 bridgehead atoms. The number of hydrogen-bond donors (Lipinski definition) is 2. The van der Waals surface area contributed by atoms with Crippen molar-refractivity contribution in [1.29, 1.82) is 0 Å². The lowest BCUT2D eigenvalue weighted by Crippen LogP contribution is -2.60. The summed E-state index contributed by atoms with van der Waals surface area (Å²) in [6, 6.07) is -0.527. The molecule has 0 aromatic rings. The molecule has 2 rings (SSSR count). The number of nitrogens with two attached hydrogens (primary N) is 1. The van der Waals surface area contributed by atoms with Crippen LogP contribution in [0.3, 0.4) is 0 Å². The molecule has 0 spiro atoms. The largest absolute Gasteiger partial charge is 0.368 e. The molecule has 1 atom stereocenters. The number of amides is 3. The van der Waals surface area contributed by atoms with Crippen LogP contribution >= 0.6 is 0 Å². The van der Waals surface area contributed by atoms with Gasteiger partial charge in [-0.3, -0.25) is 4.79 Å². The van der Waals surface area contributed by atoms with Crippen molar-refractivity contribution in [3.8, 4) is 0 Å². The van der Waals surface area contributed by atoms with E-state index in [0.29, 0.717) is 18.9 Å². The molecule has 1 saturated heterocycles. The lowest BCUT2D eigenvalue weighted by Gasteiger charge is -2.38. The number of rotatable bonds is 3. The van der Waals surface area contributed by atoms with Crippen LogP contribution in [0, 0.1) is 5.92 Å². The third kappa shape index (κ3) is 1.81. The normalized spacial score (nSPS) is 25.4. The van der Waals surface area contributed by atoms with Crippen LogP contribution in [-0.4, -0.2) is 36.0 Å². The summed E-state index contributed by atoms with van der Waals surface area (Å²) in [6.45, 7) is 1.38. The van der Waals surface area contributed by atoms with Crippen molar-refractivity contribution in [3.63, 3.8) is 0 Å². The van der Waals surface area contributed by atoms with Gasteiger partial charge < -0.3 is 16.0 Å². The molecule has 0 aromatic carbocycles. The Bertz CT molecular complexity index is 263. The van der Waals surface area contributed by atoms with Crippen LogP contribution in [0.4, 0.5) is 4.79 Å².